The summed E-state index contributed by atoms with van der Waals surface area (Å²) in [5.41, 5.74) is 4.12. The molecule has 0 fully saturated rings. The molecular formula is C20H19N5O3. The highest BCUT2D eigenvalue weighted by molar-refractivity contribution is 5.96. The predicted octanol–water partition coefficient (Wildman–Crippen LogP) is 1.35. The molecule has 0 aliphatic rings. The molecule has 0 aliphatic heterocycles. The lowest BCUT2D eigenvalue weighted by Crippen LogP contribution is -2.35. The zero-order valence-corrected chi connectivity index (χ0v) is 15.2. The molecule has 3 aromatic rings. The summed E-state index contributed by atoms with van der Waals surface area (Å²) in [5, 5.41) is 9.28. The zero-order valence-electron chi connectivity index (χ0n) is 15.2. The number of carbonyl (C=O) groups excluding carboxylic acids is 2. The van der Waals surface area contributed by atoms with Gasteiger partial charge in [-0.05, 0) is 31.2 Å². The lowest BCUT2D eigenvalue weighted by molar-refractivity contribution is -0.120. The van der Waals surface area contributed by atoms with Crippen LogP contribution in [0.2, 0.25) is 0 Å². The number of hydrogen-bond donors (Lipinski definition) is 3. The van der Waals surface area contributed by atoms with Crippen molar-refractivity contribution >= 4 is 18.0 Å². The monoisotopic (exact) mass is 377 g/mol. The summed E-state index contributed by atoms with van der Waals surface area (Å²) in [5.74, 6) is -0.857. The number of benzene rings is 2. The zero-order chi connectivity index (χ0) is 19.9. The number of hydrazone groups is 1. The second-order valence-corrected chi connectivity index (χ2v) is 5.97. The molecule has 2 amide bonds. The van der Waals surface area contributed by atoms with Gasteiger partial charge in [0.1, 0.15) is 0 Å². The molecule has 0 unspecified atom stereocenters. The van der Waals surface area contributed by atoms with Crippen LogP contribution in [0.25, 0.3) is 5.69 Å². The maximum Gasteiger partial charge on any atom is 0.280 e. The van der Waals surface area contributed by atoms with Gasteiger partial charge in [0.2, 0.25) is 0 Å². The summed E-state index contributed by atoms with van der Waals surface area (Å²) in [6.07, 6.45) is 1.28. The molecule has 0 bridgehead atoms. The number of nitrogens with one attached hydrogen (secondary N) is 3. The third-order valence-corrected chi connectivity index (χ3v) is 3.96. The lowest BCUT2D eigenvalue weighted by Gasteiger charge is -2.03. The molecular weight excluding hydrogens is 358 g/mol. The predicted molar refractivity (Wildman–Crippen MR) is 106 cm³/mol. The van der Waals surface area contributed by atoms with Gasteiger partial charge in [0.25, 0.3) is 17.4 Å². The van der Waals surface area contributed by atoms with Crippen molar-refractivity contribution in [1.29, 1.82) is 0 Å². The number of aryl methyl sites for hydroxylation is 1. The average Bonchev–Trinajstić information content (AvgIpc) is 3.01. The third kappa shape index (κ3) is 4.42. The van der Waals surface area contributed by atoms with E-state index in [2.05, 4.69) is 20.9 Å². The first kappa shape index (κ1) is 18.8. The molecule has 1 heterocycles. The van der Waals surface area contributed by atoms with Crippen LogP contribution in [-0.4, -0.2) is 34.4 Å². The molecule has 1 aromatic heterocycles. The van der Waals surface area contributed by atoms with Crippen LogP contribution in [0.3, 0.4) is 0 Å². The van der Waals surface area contributed by atoms with E-state index in [1.165, 1.54) is 10.9 Å². The number of hydrogen-bond acceptors (Lipinski definition) is 4. The van der Waals surface area contributed by atoms with E-state index in [-0.39, 0.29) is 18.0 Å². The summed E-state index contributed by atoms with van der Waals surface area (Å²) >= 11 is 0. The Kier molecular flexibility index (Phi) is 5.81. The summed E-state index contributed by atoms with van der Waals surface area (Å²) in [6, 6.07) is 17.7. The Hall–Kier alpha value is -3.94. The first-order valence-corrected chi connectivity index (χ1v) is 8.58. The summed E-state index contributed by atoms with van der Waals surface area (Å²) in [4.78, 5) is 36.2. The van der Waals surface area contributed by atoms with Crippen LogP contribution in [-0.2, 0) is 4.79 Å². The average molecular weight is 377 g/mol. The lowest BCUT2D eigenvalue weighted by atomic mass is 10.2. The summed E-state index contributed by atoms with van der Waals surface area (Å²) < 4.78 is 1.40. The number of rotatable bonds is 6. The van der Waals surface area contributed by atoms with Crippen molar-refractivity contribution in [2.45, 2.75) is 6.92 Å². The molecule has 2 aromatic carbocycles. The van der Waals surface area contributed by atoms with Crippen molar-refractivity contribution in [2.75, 3.05) is 6.54 Å². The fraction of sp³-hybridized carbons (Fsp3) is 0.100. The number of carbonyl (C=O) groups is 2. The van der Waals surface area contributed by atoms with Crippen LogP contribution < -0.4 is 16.3 Å². The number of nitrogens with zero attached hydrogens (tertiary/aromatic N) is 2. The maximum atomic E-state index is 12.5. The van der Waals surface area contributed by atoms with Gasteiger partial charge in [-0.25, -0.2) is 10.1 Å². The molecule has 3 N–H and O–H groups in total. The van der Waals surface area contributed by atoms with E-state index in [9.17, 15) is 14.4 Å². The number of aromatic nitrogens is 2. The summed E-state index contributed by atoms with van der Waals surface area (Å²) in [7, 11) is 0. The van der Waals surface area contributed by atoms with Crippen LogP contribution in [0, 0.1) is 6.92 Å². The molecule has 0 atom stereocenters. The normalized spacial score (nSPS) is 10.8. The molecule has 0 saturated carbocycles. The van der Waals surface area contributed by atoms with Crippen LogP contribution in [0.4, 0.5) is 0 Å². The molecule has 28 heavy (non-hydrogen) atoms. The van der Waals surface area contributed by atoms with Crippen LogP contribution in [0.15, 0.2) is 70.6 Å². The molecule has 0 saturated heterocycles. The highest BCUT2D eigenvalue weighted by Crippen LogP contribution is 2.05. The first-order valence-electron chi connectivity index (χ1n) is 8.58. The Balaban J connectivity index is 1.59. The largest absolute Gasteiger partial charge is 0.343 e. The van der Waals surface area contributed by atoms with Crippen LogP contribution in [0.1, 0.15) is 21.6 Å². The Morgan fingerprint density at radius 2 is 1.71 bits per heavy atom. The molecule has 0 radical (unpaired) electrons. The topological polar surface area (TPSA) is 108 Å². The van der Waals surface area contributed by atoms with Crippen LogP contribution >= 0.6 is 0 Å². The van der Waals surface area contributed by atoms with Gasteiger partial charge in [-0.2, -0.15) is 5.10 Å². The minimum atomic E-state index is -0.503. The van der Waals surface area contributed by atoms with Crippen molar-refractivity contribution in [3.05, 3.63) is 87.8 Å². The van der Waals surface area contributed by atoms with Gasteiger partial charge < -0.3 is 5.32 Å². The van der Waals surface area contributed by atoms with Gasteiger partial charge in [0.15, 0.2) is 0 Å². The Morgan fingerprint density at radius 1 is 1.07 bits per heavy atom. The van der Waals surface area contributed by atoms with E-state index in [1.54, 1.807) is 49.4 Å². The fourth-order valence-corrected chi connectivity index (χ4v) is 2.53. The van der Waals surface area contributed by atoms with E-state index >= 15 is 0 Å². The second-order valence-electron chi connectivity index (χ2n) is 5.97. The van der Waals surface area contributed by atoms with Crippen molar-refractivity contribution in [3.8, 4) is 5.69 Å². The van der Waals surface area contributed by atoms with E-state index in [0.29, 0.717) is 22.5 Å². The minimum Gasteiger partial charge on any atom is -0.343 e. The van der Waals surface area contributed by atoms with E-state index in [1.807, 2.05) is 18.2 Å². The van der Waals surface area contributed by atoms with Crippen molar-refractivity contribution in [2.24, 2.45) is 5.10 Å². The fourth-order valence-electron chi connectivity index (χ4n) is 2.53. The Labute approximate surface area is 160 Å². The molecule has 0 spiro atoms. The van der Waals surface area contributed by atoms with E-state index < -0.39 is 5.91 Å². The molecule has 3 rings (SSSR count). The summed E-state index contributed by atoms with van der Waals surface area (Å²) in [6.45, 7) is 1.51. The van der Waals surface area contributed by atoms with Gasteiger partial charge in [-0.1, -0.05) is 36.4 Å². The Morgan fingerprint density at radius 3 is 2.39 bits per heavy atom. The van der Waals surface area contributed by atoms with Gasteiger partial charge in [0, 0.05) is 11.3 Å². The van der Waals surface area contributed by atoms with Gasteiger partial charge >= 0.3 is 0 Å². The third-order valence-electron chi connectivity index (χ3n) is 3.96. The molecule has 8 heteroatoms. The highest BCUT2D eigenvalue weighted by atomic mass is 16.2. The SMILES string of the molecule is Cc1[nH]n(-c2ccccc2)c(=O)c1/C=N\NC(=O)CNC(=O)c1ccccc1. The van der Waals surface area contributed by atoms with Crippen molar-refractivity contribution in [3.63, 3.8) is 0 Å². The number of H-pyrrole nitrogens is 1. The van der Waals surface area contributed by atoms with Crippen LogP contribution in [0.5, 0.6) is 0 Å². The van der Waals surface area contributed by atoms with E-state index in [0.717, 1.165) is 0 Å². The van der Waals surface area contributed by atoms with Gasteiger partial charge in [0.05, 0.1) is 24.0 Å². The smallest absolute Gasteiger partial charge is 0.280 e. The van der Waals surface area contributed by atoms with Crippen molar-refractivity contribution < 1.29 is 9.59 Å². The highest BCUT2D eigenvalue weighted by Gasteiger charge is 2.11. The number of para-hydroxylation sites is 1. The molecule has 0 aliphatic carbocycles. The standard InChI is InChI=1S/C20H19N5O3/c1-14-17(20(28)25(24-14)16-10-6-3-7-11-16)12-22-23-18(26)13-21-19(27)15-8-4-2-5-9-15/h2-12,24H,13H2,1H3,(H,21,27)(H,23,26)/b22-12-. The quantitative estimate of drug-likeness (QED) is 0.446. The number of amides is 2. The second kappa shape index (κ2) is 8.63. The number of aromatic amines is 1. The minimum absolute atomic E-state index is 0.231. The molecule has 142 valence electrons. The van der Waals surface area contributed by atoms with E-state index in [4.69, 9.17) is 0 Å². The maximum absolute atomic E-state index is 12.5. The van der Waals surface area contributed by atoms with Gasteiger partial charge in [-0.3, -0.25) is 19.5 Å². The first-order chi connectivity index (χ1) is 13.6. The van der Waals surface area contributed by atoms with Crippen molar-refractivity contribution in [1.82, 2.24) is 20.5 Å². The molecule has 8 nitrogen and oxygen atoms in total. The Bertz CT molecular complexity index is 1050. The van der Waals surface area contributed by atoms with Gasteiger partial charge in [-0.15, -0.1) is 0 Å².